The van der Waals surface area contributed by atoms with Gasteiger partial charge in [0.2, 0.25) is 0 Å². The molecule has 0 saturated carbocycles. The molecule has 102 valence electrons. The zero-order valence-electron chi connectivity index (χ0n) is 10.6. The minimum atomic E-state index is -0.272. The van der Waals surface area contributed by atoms with Gasteiger partial charge in [0, 0.05) is 23.8 Å². The largest absolute Gasteiger partial charge is 0.276 e. The van der Waals surface area contributed by atoms with Gasteiger partial charge < -0.3 is 0 Å². The number of rotatable bonds is 5. The fraction of sp³-hybridized carbons (Fsp3) is 0.308. The van der Waals surface area contributed by atoms with Crippen molar-refractivity contribution in [3.63, 3.8) is 0 Å². The van der Waals surface area contributed by atoms with E-state index in [1.54, 1.807) is 4.68 Å². The first-order valence-corrected chi connectivity index (χ1v) is 6.77. The van der Waals surface area contributed by atoms with Gasteiger partial charge in [0.05, 0.1) is 6.20 Å². The molecule has 2 aromatic rings. The van der Waals surface area contributed by atoms with E-state index < -0.39 is 0 Å². The fourth-order valence-corrected chi connectivity index (χ4v) is 2.52. The predicted molar refractivity (Wildman–Crippen MR) is 75.7 cm³/mol. The topological polar surface area (TPSA) is 55.9 Å². The van der Waals surface area contributed by atoms with E-state index in [1.165, 1.54) is 12.1 Å². The summed E-state index contributed by atoms with van der Waals surface area (Å²) >= 11 is 3.29. The summed E-state index contributed by atoms with van der Waals surface area (Å²) in [6, 6.07) is 4.71. The lowest BCUT2D eigenvalue weighted by molar-refractivity contribution is 0.511. The van der Waals surface area contributed by atoms with E-state index in [-0.39, 0.29) is 11.9 Å². The molecule has 0 aliphatic carbocycles. The van der Waals surface area contributed by atoms with Crippen LogP contribution in [-0.2, 0) is 13.5 Å². The predicted octanol–water partition coefficient (Wildman–Crippen LogP) is 2.46. The number of nitrogens with one attached hydrogen (secondary N) is 1. The van der Waals surface area contributed by atoms with Crippen molar-refractivity contribution in [1.29, 1.82) is 0 Å². The van der Waals surface area contributed by atoms with Crippen molar-refractivity contribution in [2.45, 2.75) is 18.9 Å². The van der Waals surface area contributed by atoms with Gasteiger partial charge in [0.25, 0.3) is 0 Å². The second-order valence-electron chi connectivity index (χ2n) is 4.48. The minimum Gasteiger partial charge on any atom is -0.276 e. The van der Waals surface area contributed by atoms with Crippen molar-refractivity contribution in [2.75, 3.05) is 0 Å². The van der Waals surface area contributed by atoms with Gasteiger partial charge in [-0.3, -0.25) is 16.0 Å². The summed E-state index contributed by atoms with van der Waals surface area (Å²) in [5.41, 5.74) is 4.70. The summed E-state index contributed by atoms with van der Waals surface area (Å²) in [6.45, 7) is 0. The SMILES string of the molecule is Cn1cc(CCC(NN)c2cc(F)cc(Br)c2)cn1. The Labute approximate surface area is 119 Å². The molecule has 19 heavy (non-hydrogen) atoms. The number of hydrogen-bond donors (Lipinski definition) is 2. The Morgan fingerprint density at radius 2 is 2.26 bits per heavy atom. The highest BCUT2D eigenvalue weighted by molar-refractivity contribution is 9.10. The molecule has 1 heterocycles. The molecule has 4 nitrogen and oxygen atoms in total. The zero-order chi connectivity index (χ0) is 13.8. The van der Waals surface area contributed by atoms with E-state index in [0.29, 0.717) is 4.47 Å². The van der Waals surface area contributed by atoms with Crippen LogP contribution >= 0.6 is 15.9 Å². The van der Waals surface area contributed by atoms with E-state index in [9.17, 15) is 4.39 Å². The van der Waals surface area contributed by atoms with Gasteiger partial charge in [-0.1, -0.05) is 15.9 Å². The van der Waals surface area contributed by atoms with Crippen molar-refractivity contribution in [3.05, 3.63) is 52.0 Å². The molecule has 0 aliphatic heterocycles. The number of hydrazine groups is 1. The molecule has 0 spiro atoms. The maximum atomic E-state index is 13.4. The standard InChI is InChI=1S/C13H16BrFN4/c1-19-8-9(7-17-19)2-3-13(18-16)10-4-11(14)6-12(15)5-10/h4-8,13,18H,2-3,16H2,1H3. The van der Waals surface area contributed by atoms with Crippen LogP contribution in [0.1, 0.15) is 23.6 Å². The molecule has 1 aromatic heterocycles. The Bertz CT molecular complexity index is 535. The van der Waals surface area contributed by atoms with Crippen LogP contribution in [0.2, 0.25) is 0 Å². The summed E-state index contributed by atoms with van der Waals surface area (Å²) in [5.74, 6) is 5.29. The summed E-state index contributed by atoms with van der Waals surface area (Å²) in [4.78, 5) is 0. The van der Waals surface area contributed by atoms with Gasteiger partial charge in [0.15, 0.2) is 0 Å². The minimum absolute atomic E-state index is 0.0905. The van der Waals surface area contributed by atoms with Gasteiger partial charge >= 0.3 is 0 Å². The molecule has 0 fully saturated rings. The highest BCUT2D eigenvalue weighted by atomic mass is 79.9. The molecule has 0 radical (unpaired) electrons. The summed E-state index contributed by atoms with van der Waals surface area (Å²) < 4.78 is 15.9. The number of nitrogens with zero attached hydrogens (tertiary/aromatic N) is 2. The maximum absolute atomic E-state index is 13.4. The highest BCUT2D eigenvalue weighted by Crippen LogP contribution is 2.23. The molecule has 6 heteroatoms. The van der Waals surface area contributed by atoms with E-state index in [4.69, 9.17) is 5.84 Å². The average molecular weight is 327 g/mol. The van der Waals surface area contributed by atoms with Crippen LogP contribution in [0, 0.1) is 5.82 Å². The lowest BCUT2D eigenvalue weighted by Crippen LogP contribution is -2.28. The Morgan fingerprint density at radius 1 is 1.47 bits per heavy atom. The smallest absolute Gasteiger partial charge is 0.124 e. The van der Waals surface area contributed by atoms with Crippen molar-refractivity contribution in [1.82, 2.24) is 15.2 Å². The molecule has 0 bridgehead atoms. The third kappa shape index (κ3) is 3.86. The first-order valence-electron chi connectivity index (χ1n) is 5.98. The Kier molecular flexibility index (Phi) is 4.68. The molecule has 1 unspecified atom stereocenters. The van der Waals surface area contributed by atoms with Crippen LogP contribution in [0.5, 0.6) is 0 Å². The van der Waals surface area contributed by atoms with Crippen molar-refractivity contribution < 1.29 is 4.39 Å². The van der Waals surface area contributed by atoms with Gasteiger partial charge in [0.1, 0.15) is 5.82 Å². The zero-order valence-corrected chi connectivity index (χ0v) is 12.2. The second-order valence-corrected chi connectivity index (χ2v) is 5.40. The molecule has 3 N–H and O–H groups in total. The Hall–Kier alpha value is -1.24. The second kappa shape index (κ2) is 6.27. The molecule has 0 aliphatic rings. The normalized spacial score (nSPS) is 12.6. The molecule has 2 rings (SSSR count). The summed E-state index contributed by atoms with van der Waals surface area (Å²) in [5, 5.41) is 4.12. The lowest BCUT2D eigenvalue weighted by atomic mass is 10.0. The summed E-state index contributed by atoms with van der Waals surface area (Å²) in [7, 11) is 1.88. The van der Waals surface area contributed by atoms with E-state index in [2.05, 4.69) is 26.5 Å². The fourth-order valence-electron chi connectivity index (χ4n) is 2.03. The average Bonchev–Trinajstić information content (AvgIpc) is 2.75. The van der Waals surface area contributed by atoms with E-state index >= 15 is 0 Å². The molecular weight excluding hydrogens is 311 g/mol. The monoisotopic (exact) mass is 326 g/mol. The first kappa shape index (κ1) is 14.2. The number of hydrogen-bond acceptors (Lipinski definition) is 3. The first-order chi connectivity index (χ1) is 9.08. The van der Waals surface area contributed by atoms with Crippen LogP contribution in [0.3, 0.4) is 0 Å². The molecule has 1 aromatic carbocycles. The number of nitrogens with two attached hydrogens (primary N) is 1. The number of halogens is 2. The van der Waals surface area contributed by atoms with Crippen molar-refractivity contribution in [2.24, 2.45) is 12.9 Å². The van der Waals surface area contributed by atoms with Gasteiger partial charge in [-0.2, -0.15) is 5.10 Å². The van der Waals surface area contributed by atoms with Gasteiger partial charge in [-0.25, -0.2) is 4.39 Å². The quantitative estimate of drug-likeness (QED) is 0.655. The van der Waals surface area contributed by atoms with Crippen LogP contribution in [0.4, 0.5) is 4.39 Å². The Morgan fingerprint density at radius 3 is 2.84 bits per heavy atom. The third-order valence-corrected chi connectivity index (χ3v) is 3.43. The van der Waals surface area contributed by atoms with E-state index in [1.807, 2.05) is 25.5 Å². The van der Waals surface area contributed by atoms with Crippen LogP contribution in [-0.4, -0.2) is 9.78 Å². The van der Waals surface area contributed by atoms with Gasteiger partial charge in [-0.15, -0.1) is 0 Å². The maximum Gasteiger partial charge on any atom is 0.124 e. The van der Waals surface area contributed by atoms with Crippen molar-refractivity contribution in [3.8, 4) is 0 Å². The molecule has 0 amide bonds. The van der Waals surface area contributed by atoms with Crippen molar-refractivity contribution >= 4 is 15.9 Å². The highest BCUT2D eigenvalue weighted by Gasteiger charge is 2.12. The summed E-state index contributed by atoms with van der Waals surface area (Å²) in [6.07, 6.45) is 5.40. The Balaban J connectivity index is 2.07. The molecule has 1 atom stereocenters. The number of aryl methyl sites for hydroxylation is 2. The van der Waals surface area contributed by atoms with E-state index in [0.717, 1.165) is 24.0 Å². The third-order valence-electron chi connectivity index (χ3n) is 2.97. The van der Waals surface area contributed by atoms with Gasteiger partial charge in [-0.05, 0) is 42.2 Å². The number of aromatic nitrogens is 2. The number of benzene rings is 1. The van der Waals surface area contributed by atoms with Crippen LogP contribution in [0.25, 0.3) is 0 Å². The van der Waals surface area contributed by atoms with Crippen LogP contribution < -0.4 is 11.3 Å². The lowest BCUT2D eigenvalue weighted by Gasteiger charge is -2.16. The van der Waals surface area contributed by atoms with Crippen LogP contribution in [0.15, 0.2) is 35.1 Å². The molecule has 0 saturated heterocycles. The molecular formula is C13H16BrFN4.